The van der Waals surface area contributed by atoms with Crippen LogP contribution in [0, 0.1) is 10.8 Å². The highest BCUT2D eigenvalue weighted by Gasteiger charge is 2.51. The lowest BCUT2D eigenvalue weighted by molar-refractivity contribution is 0.0698. The summed E-state index contributed by atoms with van der Waals surface area (Å²) in [7, 11) is 0. The van der Waals surface area contributed by atoms with E-state index in [4.69, 9.17) is 14.0 Å². The van der Waals surface area contributed by atoms with Crippen molar-refractivity contribution in [3.8, 4) is 22.8 Å². The lowest BCUT2D eigenvalue weighted by Gasteiger charge is -2.39. The monoisotopic (exact) mass is 368 g/mol. The first-order chi connectivity index (χ1) is 12.8. The Balaban J connectivity index is 1.39. The molecule has 1 saturated heterocycles. The highest BCUT2D eigenvalue weighted by Crippen LogP contribution is 2.52. The van der Waals surface area contributed by atoms with Crippen LogP contribution in [0.25, 0.3) is 11.3 Å². The number of rotatable bonds is 2. The van der Waals surface area contributed by atoms with E-state index in [0.29, 0.717) is 17.2 Å². The van der Waals surface area contributed by atoms with Gasteiger partial charge in [0.05, 0.1) is 0 Å². The van der Waals surface area contributed by atoms with Crippen LogP contribution in [0.3, 0.4) is 0 Å². The Labute approximate surface area is 158 Å². The molecule has 1 aromatic heterocycles. The number of likely N-dealkylation sites (tertiary alicyclic amines) is 1. The largest absolute Gasteiger partial charge is 0.454 e. The second kappa shape index (κ2) is 5.50. The molecule has 0 radical (unpaired) electrons. The molecule has 6 heteroatoms. The minimum absolute atomic E-state index is 0.0304. The predicted molar refractivity (Wildman–Crippen MR) is 98.6 cm³/mol. The van der Waals surface area contributed by atoms with Crippen LogP contribution < -0.4 is 9.47 Å². The maximum absolute atomic E-state index is 13.1. The summed E-state index contributed by atoms with van der Waals surface area (Å²) in [5.41, 5.74) is 1.66. The fourth-order valence-electron chi connectivity index (χ4n) is 5.41. The SMILES string of the molecule is CC1(C)CC2CC(C)(CN2C(=O)c2cc(-c3ccc4c(c3)OCO4)on2)C1. The molecule has 1 amide bonds. The van der Waals surface area contributed by atoms with Crippen LogP contribution in [0.5, 0.6) is 11.5 Å². The first kappa shape index (κ1) is 16.7. The molecule has 3 heterocycles. The van der Waals surface area contributed by atoms with E-state index in [0.717, 1.165) is 37.1 Å². The molecule has 6 nitrogen and oxygen atoms in total. The zero-order valence-electron chi connectivity index (χ0n) is 15.9. The van der Waals surface area contributed by atoms with Crippen molar-refractivity contribution in [1.29, 1.82) is 0 Å². The summed E-state index contributed by atoms with van der Waals surface area (Å²) in [6.07, 6.45) is 3.28. The molecule has 2 atom stereocenters. The molecule has 1 aromatic carbocycles. The molecule has 0 spiro atoms. The molecular formula is C21H24N2O4. The van der Waals surface area contributed by atoms with E-state index in [9.17, 15) is 4.79 Å². The summed E-state index contributed by atoms with van der Waals surface area (Å²) in [5, 5.41) is 4.07. The normalized spacial score (nSPS) is 27.8. The number of aromatic nitrogens is 1. The Bertz CT molecular complexity index is 919. The summed E-state index contributed by atoms with van der Waals surface area (Å²) in [6, 6.07) is 7.60. The molecule has 142 valence electrons. The smallest absolute Gasteiger partial charge is 0.276 e. The molecule has 1 saturated carbocycles. The molecule has 2 fully saturated rings. The van der Waals surface area contributed by atoms with E-state index >= 15 is 0 Å². The van der Waals surface area contributed by atoms with Gasteiger partial charge in [0.1, 0.15) is 0 Å². The first-order valence-electron chi connectivity index (χ1n) is 9.50. The van der Waals surface area contributed by atoms with Crippen molar-refractivity contribution >= 4 is 5.91 Å². The van der Waals surface area contributed by atoms with Crippen LogP contribution in [-0.4, -0.2) is 35.3 Å². The van der Waals surface area contributed by atoms with Gasteiger partial charge >= 0.3 is 0 Å². The van der Waals surface area contributed by atoms with Gasteiger partial charge in [0, 0.05) is 24.2 Å². The maximum Gasteiger partial charge on any atom is 0.276 e. The average Bonchev–Trinajstić information content (AvgIpc) is 3.29. The highest BCUT2D eigenvalue weighted by molar-refractivity contribution is 5.93. The number of hydrogen-bond acceptors (Lipinski definition) is 5. The third-order valence-corrected chi connectivity index (χ3v) is 6.06. The van der Waals surface area contributed by atoms with Gasteiger partial charge in [0.2, 0.25) is 6.79 Å². The van der Waals surface area contributed by atoms with Crippen LogP contribution in [0.2, 0.25) is 0 Å². The van der Waals surface area contributed by atoms with Crippen molar-refractivity contribution in [2.75, 3.05) is 13.3 Å². The fourth-order valence-corrected chi connectivity index (χ4v) is 5.41. The Morgan fingerprint density at radius 3 is 2.81 bits per heavy atom. The molecule has 2 bridgehead atoms. The van der Waals surface area contributed by atoms with Gasteiger partial charge in [0.15, 0.2) is 23.0 Å². The molecule has 2 aliphatic heterocycles. The molecule has 3 aliphatic rings. The number of carbonyl (C=O) groups excluding carboxylic acids is 1. The third-order valence-electron chi connectivity index (χ3n) is 6.06. The molecule has 2 aromatic rings. The number of nitrogens with zero attached hydrogens (tertiary/aromatic N) is 2. The zero-order valence-corrected chi connectivity index (χ0v) is 15.9. The first-order valence-corrected chi connectivity index (χ1v) is 9.50. The second-order valence-corrected chi connectivity index (χ2v) is 9.29. The second-order valence-electron chi connectivity index (χ2n) is 9.29. The standard InChI is InChI=1S/C21H24N2O4/c1-20(2)8-14-9-21(3,10-20)11-23(14)19(24)15-7-17(27-22-15)13-4-5-16-18(6-13)26-12-25-16/h4-7,14H,8-12H2,1-3H3. The van der Waals surface area contributed by atoms with Crippen molar-refractivity contribution in [3.63, 3.8) is 0 Å². The predicted octanol–water partition coefficient (Wildman–Crippen LogP) is 4.11. The Morgan fingerprint density at radius 2 is 1.96 bits per heavy atom. The highest BCUT2D eigenvalue weighted by atomic mass is 16.7. The third kappa shape index (κ3) is 2.78. The van der Waals surface area contributed by atoms with Crippen LogP contribution in [0.1, 0.15) is 50.5 Å². The number of carbonyl (C=O) groups is 1. The van der Waals surface area contributed by atoms with Crippen molar-refractivity contribution in [3.05, 3.63) is 30.0 Å². The molecule has 2 unspecified atom stereocenters. The van der Waals surface area contributed by atoms with E-state index in [-0.39, 0.29) is 29.6 Å². The fraction of sp³-hybridized carbons (Fsp3) is 0.524. The van der Waals surface area contributed by atoms with Crippen LogP contribution in [0.15, 0.2) is 28.8 Å². The molecular weight excluding hydrogens is 344 g/mol. The topological polar surface area (TPSA) is 64.8 Å². The number of hydrogen-bond donors (Lipinski definition) is 0. The number of fused-ring (bicyclic) bond motifs is 3. The van der Waals surface area contributed by atoms with Crippen molar-refractivity contribution in [2.45, 2.75) is 46.1 Å². The quantitative estimate of drug-likeness (QED) is 0.798. The van der Waals surface area contributed by atoms with Crippen molar-refractivity contribution in [2.24, 2.45) is 10.8 Å². The maximum atomic E-state index is 13.1. The number of ether oxygens (including phenoxy) is 2. The van der Waals surface area contributed by atoms with E-state index in [2.05, 4.69) is 25.9 Å². The summed E-state index contributed by atoms with van der Waals surface area (Å²) in [6.45, 7) is 7.93. The number of benzene rings is 1. The van der Waals surface area contributed by atoms with Gasteiger partial charge in [-0.3, -0.25) is 4.79 Å². The van der Waals surface area contributed by atoms with Gasteiger partial charge in [-0.1, -0.05) is 25.9 Å². The van der Waals surface area contributed by atoms with Gasteiger partial charge in [-0.25, -0.2) is 0 Å². The molecule has 5 rings (SSSR count). The van der Waals surface area contributed by atoms with E-state index in [1.54, 1.807) is 6.07 Å². The van der Waals surface area contributed by atoms with Gasteiger partial charge in [-0.2, -0.15) is 0 Å². The van der Waals surface area contributed by atoms with Gasteiger partial charge in [0.25, 0.3) is 5.91 Å². The summed E-state index contributed by atoms with van der Waals surface area (Å²) >= 11 is 0. The number of amides is 1. The van der Waals surface area contributed by atoms with Crippen LogP contribution in [0.4, 0.5) is 0 Å². The summed E-state index contributed by atoms with van der Waals surface area (Å²) < 4.78 is 16.2. The Hall–Kier alpha value is -2.50. The van der Waals surface area contributed by atoms with E-state index < -0.39 is 0 Å². The van der Waals surface area contributed by atoms with E-state index in [1.807, 2.05) is 23.1 Å². The lowest BCUT2D eigenvalue weighted by atomic mass is 9.65. The minimum Gasteiger partial charge on any atom is -0.454 e. The van der Waals surface area contributed by atoms with Crippen LogP contribution in [-0.2, 0) is 0 Å². The molecule has 27 heavy (non-hydrogen) atoms. The van der Waals surface area contributed by atoms with Gasteiger partial charge < -0.3 is 18.9 Å². The zero-order chi connectivity index (χ0) is 18.8. The summed E-state index contributed by atoms with van der Waals surface area (Å²) in [5.74, 6) is 1.93. The minimum atomic E-state index is -0.0304. The van der Waals surface area contributed by atoms with Gasteiger partial charge in [-0.05, 0) is 48.3 Å². The molecule has 0 N–H and O–H groups in total. The molecule has 1 aliphatic carbocycles. The average molecular weight is 368 g/mol. The Morgan fingerprint density at radius 1 is 1.15 bits per heavy atom. The van der Waals surface area contributed by atoms with Crippen molar-refractivity contribution < 1.29 is 18.8 Å². The lowest BCUT2D eigenvalue weighted by Crippen LogP contribution is -2.37. The van der Waals surface area contributed by atoms with Gasteiger partial charge in [-0.15, -0.1) is 0 Å². The van der Waals surface area contributed by atoms with Crippen LogP contribution >= 0.6 is 0 Å². The summed E-state index contributed by atoms with van der Waals surface area (Å²) in [4.78, 5) is 15.1. The Kier molecular flexibility index (Phi) is 3.39. The van der Waals surface area contributed by atoms with E-state index in [1.165, 1.54) is 0 Å². The van der Waals surface area contributed by atoms with Crippen molar-refractivity contribution in [1.82, 2.24) is 10.1 Å².